The maximum absolute atomic E-state index is 12.2. The van der Waals surface area contributed by atoms with E-state index >= 15 is 0 Å². The first-order valence-electron chi connectivity index (χ1n) is 5.98. The summed E-state index contributed by atoms with van der Waals surface area (Å²) in [4.78, 5) is 11.7. The van der Waals surface area contributed by atoms with Crippen LogP contribution in [0.3, 0.4) is 0 Å². The standard InChI is InChI=1S/C11H18F3NO3/c1-2-18-10(16)9(15-7-11(12,13)14)8-3-5-17-6-4-8/h8-9,15H,2-7H2,1H3. The molecule has 1 N–H and O–H groups in total. The van der Waals surface area contributed by atoms with E-state index < -0.39 is 24.7 Å². The maximum atomic E-state index is 12.2. The molecule has 0 aromatic heterocycles. The summed E-state index contributed by atoms with van der Waals surface area (Å²) in [5, 5.41) is 2.26. The molecule has 1 rings (SSSR count). The summed E-state index contributed by atoms with van der Waals surface area (Å²) in [6.45, 7) is 1.53. The number of rotatable bonds is 5. The first-order valence-corrected chi connectivity index (χ1v) is 5.98. The van der Waals surface area contributed by atoms with Gasteiger partial charge in [0.05, 0.1) is 13.2 Å². The second kappa shape index (κ2) is 6.94. The van der Waals surface area contributed by atoms with Crippen LogP contribution in [0.25, 0.3) is 0 Å². The third kappa shape index (κ3) is 5.22. The molecule has 0 radical (unpaired) electrons. The Morgan fingerprint density at radius 1 is 1.44 bits per heavy atom. The van der Waals surface area contributed by atoms with E-state index in [-0.39, 0.29) is 12.5 Å². The lowest BCUT2D eigenvalue weighted by molar-refractivity contribution is -0.151. The van der Waals surface area contributed by atoms with Crippen molar-refractivity contribution in [2.24, 2.45) is 5.92 Å². The number of hydrogen-bond donors (Lipinski definition) is 1. The van der Waals surface area contributed by atoms with Crippen LogP contribution < -0.4 is 5.32 Å². The summed E-state index contributed by atoms with van der Waals surface area (Å²) in [6, 6.07) is -0.907. The molecular weight excluding hydrogens is 251 g/mol. The lowest BCUT2D eigenvalue weighted by Crippen LogP contribution is -2.48. The number of hydrogen-bond acceptors (Lipinski definition) is 4. The third-order valence-electron chi connectivity index (χ3n) is 2.80. The Balaban J connectivity index is 2.58. The van der Waals surface area contributed by atoms with Gasteiger partial charge < -0.3 is 9.47 Å². The van der Waals surface area contributed by atoms with E-state index in [2.05, 4.69) is 5.32 Å². The highest BCUT2D eigenvalue weighted by Crippen LogP contribution is 2.21. The zero-order valence-electron chi connectivity index (χ0n) is 10.3. The Hall–Kier alpha value is -0.820. The van der Waals surface area contributed by atoms with Gasteiger partial charge in [0.1, 0.15) is 6.04 Å². The van der Waals surface area contributed by atoms with E-state index in [9.17, 15) is 18.0 Å². The van der Waals surface area contributed by atoms with Crippen molar-refractivity contribution in [2.75, 3.05) is 26.4 Å². The van der Waals surface area contributed by atoms with Crippen LogP contribution in [0.15, 0.2) is 0 Å². The van der Waals surface area contributed by atoms with Crippen molar-refractivity contribution in [2.45, 2.75) is 32.0 Å². The second-order valence-corrected chi connectivity index (χ2v) is 4.18. The Bertz CT molecular complexity index is 265. The third-order valence-corrected chi connectivity index (χ3v) is 2.80. The van der Waals surface area contributed by atoms with E-state index in [1.54, 1.807) is 6.92 Å². The number of ether oxygens (including phenoxy) is 2. The van der Waals surface area contributed by atoms with Crippen LogP contribution in [-0.2, 0) is 14.3 Å². The maximum Gasteiger partial charge on any atom is 0.401 e. The highest BCUT2D eigenvalue weighted by atomic mass is 19.4. The Kier molecular flexibility index (Phi) is 5.87. The Morgan fingerprint density at radius 2 is 2.06 bits per heavy atom. The minimum Gasteiger partial charge on any atom is -0.465 e. The van der Waals surface area contributed by atoms with Gasteiger partial charge in [-0.15, -0.1) is 0 Å². The number of halogens is 3. The van der Waals surface area contributed by atoms with Crippen LogP contribution in [0, 0.1) is 5.92 Å². The lowest BCUT2D eigenvalue weighted by Gasteiger charge is -2.29. The molecule has 1 fully saturated rings. The first kappa shape index (κ1) is 15.2. The summed E-state index contributed by atoms with van der Waals surface area (Å²) >= 11 is 0. The van der Waals surface area contributed by atoms with E-state index in [4.69, 9.17) is 9.47 Å². The normalized spacial score (nSPS) is 19.6. The summed E-state index contributed by atoms with van der Waals surface area (Å²) < 4.78 is 46.5. The van der Waals surface area contributed by atoms with Crippen LogP contribution >= 0.6 is 0 Å². The molecule has 1 saturated heterocycles. The molecule has 18 heavy (non-hydrogen) atoms. The van der Waals surface area contributed by atoms with Crippen LogP contribution in [0.4, 0.5) is 13.2 Å². The molecule has 1 unspecified atom stereocenters. The van der Waals surface area contributed by atoms with Crippen molar-refractivity contribution >= 4 is 5.97 Å². The number of esters is 1. The summed E-state index contributed by atoms with van der Waals surface area (Å²) in [5.74, 6) is -0.784. The molecule has 0 bridgehead atoms. The minimum absolute atomic E-state index is 0.159. The van der Waals surface area contributed by atoms with Crippen LogP contribution in [0.2, 0.25) is 0 Å². The first-order chi connectivity index (χ1) is 8.44. The van der Waals surface area contributed by atoms with E-state index in [0.717, 1.165) is 0 Å². The zero-order valence-corrected chi connectivity index (χ0v) is 10.3. The smallest absolute Gasteiger partial charge is 0.401 e. The largest absolute Gasteiger partial charge is 0.465 e. The van der Waals surface area contributed by atoms with Gasteiger partial charge in [-0.3, -0.25) is 10.1 Å². The molecule has 7 heteroatoms. The topological polar surface area (TPSA) is 47.6 Å². The molecular formula is C11H18F3NO3. The molecule has 1 heterocycles. The molecule has 0 amide bonds. The quantitative estimate of drug-likeness (QED) is 0.768. The molecule has 1 atom stereocenters. The van der Waals surface area contributed by atoms with Crippen molar-refractivity contribution in [3.8, 4) is 0 Å². The molecule has 0 spiro atoms. The van der Waals surface area contributed by atoms with Gasteiger partial charge in [-0.25, -0.2) is 0 Å². The van der Waals surface area contributed by atoms with E-state index in [0.29, 0.717) is 26.1 Å². The van der Waals surface area contributed by atoms with Gasteiger partial charge in [-0.2, -0.15) is 13.2 Å². The SMILES string of the molecule is CCOC(=O)C(NCC(F)(F)F)C1CCOCC1. The van der Waals surface area contributed by atoms with Gasteiger partial charge in [0.15, 0.2) is 0 Å². The van der Waals surface area contributed by atoms with Gasteiger partial charge in [0.25, 0.3) is 0 Å². The van der Waals surface area contributed by atoms with Gasteiger partial charge >= 0.3 is 12.1 Å². The second-order valence-electron chi connectivity index (χ2n) is 4.18. The molecule has 0 aliphatic carbocycles. The predicted octanol–water partition coefficient (Wildman–Crippen LogP) is 1.50. The van der Waals surface area contributed by atoms with Crippen molar-refractivity contribution in [3.05, 3.63) is 0 Å². The predicted molar refractivity (Wildman–Crippen MR) is 58.0 cm³/mol. The van der Waals surface area contributed by atoms with Gasteiger partial charge in [-0.1, -0.05) is 0 Å². The Morgan fingerprint density at radius 3 is 2.56 bits per heavy atom. The summed E-state index contributed by atoms with van der Waals surface area (Å²) in [5.41, 5.74) is 0. The summed E-state index contributed by atoms with van der Waals surface area (Å²) in [7, 11) is 0. The average Bonchev–Trinajstić information content (AvgIpc) is 2.29. The fourth-order valence-corrected chi connectivity index (χ4v) is 1.95. The van der Waals surface area contributed by atoms with Gasteiger partial charge in [0, 0.05) is 13.2 Å². The van der Waals surface area contributed by atoms with Crippen LogP contribution in [0.1, 0.15) is 19.8 Å². The van der Waals surface area contributed by atoms with Gasteiger partial charge in [-0.05, 0) is 25.7 Å². The molecule has 0 aromatic rings. The molecule has 4 nitrogen and oxygen atoms in total. The fraction of sp³-hybridized carbons (Fsp3) is 0.909. The number of carbonyl (C=O) groups is 1. The fourth-order valence-electron chi connectivity index (χ4n) is 1.95. The molecule has 0 saturated carbocycles. The van der Waals surface area contributed by atoms with Crippen molar-refractivity contribution < 1.29 is 27.4 Å². The van der Waals surface area contributed by atoms with E-state index in [1.807, 2.05) is 0 Å². The number of nitrogens with one attached hydrogen (secondary N) is 1. The van der Waals surface area contributed by atoms with E-state index in [1.165, 1.54) is 0 Å². The lowest BCUT2D eigenvalue weighted by atomic mass is 9.91. The molecule has 1 aliphatic rings. The van der Waals surface area contributed by atoms with Crippen molar-refractivity contribution in [3.63, 3.8) is 0 Å². The number of alkyl halides is 3. The molecule has 1 aliphatic heterocycles. The summed E-state index contributed by atoms with van der Waals surface area (Å²) in [6.07, 6.45) is -3.21. The van der Waals surface area contributed by atoms with Crippen LogP contribution in [0.5, 0.6) is 0 Å². The zero-order chi connectivity index (χ0) is 13.6. The monoisotopic (exact) mass is 269 g/mol. The van der Waals surface area contributed by atoms with Crippen LogP contribution in [-0.4, -0.2) is 44.6 Å². The molecule has 106 valence electrons. The molecule has 0 aromatic carbocycles. The van der Waals surface area contributed by atoms with Crippen molar-refractivity contribution in [1.29, 1.82) is 0 Å². The van der Waals surface area contributed by atoms with Gasteiger partial charge in [0.2, 0.25) is 0 Å². The highest BCUT2D eigenvalue weighted by molar-refractivity contribution is 5.76. The average molecular weight is 269 g/mol. The minimum atomic E-state index is -4.34. The number of carbonyl (C=O) groups excluding carboxylic acids is 1. The van der Waals surface area contributed by atoms with Crippen molar-refractivity contribution in [1.82, 2.24) is 5.32 Å². The highest BCUT2D eigenvalue weighted by Gasteiger charge is 2.35. The Labute approximate surface area is 104 Å².